The first-order valence-electron chi connectivity index (χ1n) is 7.04. The summed E-state index contributed by atoms with van der Waals surface area (Å²) in [6.45, 7) is 1.69. The van der Waals surface area contributed by atoms with Crippen LogP contribution in [0.15, 0.2) is 24.3 Å². The van der Waals surface area contributed by atoms with Crippen molar-refractivity contribution in [1.82, 2.24) is 5.32 Å². The number of carbonyl (C=O) groups is 2. The third kappa shape index (κ3) is 4.42. The predicted molar refractivity (Wildman–Crippen MR) is 75.0 cm³/mol. The summed E-state index contributed by atoms with van der Waals surface area (Å²) in [6, 6.07) is 4.99. The summed E-state index contributed by atoms with van der Waals surface area (Å²) in [6.07, 6.45) is -0.360. The number of carboxylic acids is 1. The molecule has 7 heteroatoms. The van der Waals surface area contributed by atoms with Gasteiger partial charge in [0.15, 0.2) is 0 Å². The van der Waals surface area contributed by atoms with Gasteiger partial charge in [-0.2, -0.15) is 0 Å². The van der Waals surface area contributed by atoms with E-state index in [1.807, 2.05) is 6.92 Å². The Hall–Kier alpha value is -2.15. The second-order valence-electron chi connectivity index (χ2n) is 5.16. The van der Waals surface area contributed by atoms with E-state index in [0.717, 1.165) is 6.42 Å². The minimum atomic E-state index is -1.26. The summed E-state index contributed by atoms with van der Waals surface area (Å²) in [5, 5.41) is 11.6. The number of halogens is 1. The lowest BCUT2D eigenvalue weighted by molar-refractivity contribution is -0.145. The van der Waals surface area contributed by atoms with E-state index >= 15 is 0 Å². The van der Waals surface area contributed by atoms with E-state index in [9.17, 15) is 14.0 Å². The number of amides is 1. The largest absolute Gasteiger partial charge is 0.478 e. The van der Waals surface area contributed by atoms with Crippen molar-refractivity contribution in [3.63, 3.8) is 0 Å². The Morgan fingerprint density at radius 1 is 1.41 bits per heavy atom. The molecular weight excluding hydrogens is 293 g/mol. The molecule has 3 atom stereocenters. The van der Waals surface area contributed by atoms with Crippen molar-refractivity contribution in [2.45, 2.75) is 38.1 Å². The summed E-state index contributed by atoms with van der Waals surface area (Å²) < 4.78 is 23.4. The first-order chi connectivity index (χ1) is 10.5. The zero-order valence-electron chi connectivity index (χ0n) is 12.1. The SMILES string of the molecule is CC1CCC(C(=O)NCC(Oc2ccc(F)cc2)C(=O)O)O1. The minimum absolute atomic E-state index is 0.0292. The molecule has 0 bridgehead atoms. The summed E-state index contributed by atoms with van der Waals surface area (Å²) in [5.74, 6) is -1.79. The van der Waals surface area contributed by atoms with Gasteiger partial charge < -0.3 is 19.9 Å². The number of hydrogen-bond donors (Lipinski definition) is 2. The molecule has 0 saturated carbocycles. The molecule has 6 nitrogen and oxygen atoms in total. The van der Waals surface area contributed by atoms with Gasteiger partial charge >= 0.3 is 5.97 Å². The topological polar surface area (TPSA) is 84.9 Å². The zero-order chi connectivity index (χ0) is 16.1. The molecule has 0 radical (unpaired) electrons. The average molecular weight is 311 g/mol. The molecular formula is C15H18FNO5. The Morgan fingerprint density at radius 2 is 2.09 bits per heavy atom. The molecule has 1 fully saturated rings. The smallest absolute Gasteiger partial charge is 0.346 e. The van der Waals surface area contributed by atoms with E-state index in [4.69, 9.17) is 14.6 Å². The van der Waals surface area contributed by atoms with E-state index in [-0.39, 0.29) is 24.3 Å². The van der Waals surface area contributed by atoms with Crippen LogP contribution in [-0.4, -0.2) is 41.8 Å². The molecule has 0 aromatic heterocycles. The second kappa shape index (κ2) is 7.22. The van der Waals surface area contributed by atoms with Crippen LogP contribution in [0.3, 0.4) is 0 Å². The molecule has 2 N–H and O–H groups in total. The second-order valence-corrected chi connectivity index (χ2v) is 5.16. The van der Waals surface area contributed by atoms with Crippen LogP contribution in [0, 0.1) is 5.82 Å². The molecule has 1 saturated heterocycles. The summed E-state index contributed by atoms with van der Waals surface area (Å²) >= 11 is 0. The van der Waals surface area contributed by atoms with E-state index in [1.54, 1.807) is 0 Å². The highest BCUT2D eigenvalue weighted by Crippen LogP contribution is 2.19. The molecule has 120 valence electrons. The minimum Gasteiger partial charge on any atom is -0.478 e. The Balaban J connectivity index is 1.87. The van der Waals surface area contributed by atoms with Gasteiger partial charge in [0.1, 0.15) is 17.7 Å². The molecule has 0 spiro atoms. The first-order valence-corrected chi connectivity index (χ1v) is 7.04. The number of ether oxygens (including phenoxy) is 2. The number of benzene rings is 1. The van der Waals surface area contributed by atoms with Crippen LogP contribution in [0.25, 0.3) is 0 Å². The van der Waals surface area contributed by atoms with Crippen molar-refractivity contribution >= 4 is 11.9 Å². The number of nitrogens with one attached hydrogen (secondary N) is 1. The lowest BCUT2D eigenvalue weighted by Crippen LogP contribution is -2.43. The Kier molecular flexibility index (Phi) is 5.32. The average Bonchev–Trinajstić information content (AvgIpc) is 2.91. The highest BCUT2D eigenvalue weighted by atomic mass is 19.1. The van der Waals surface area contributed by atoms with Crippen molar-refractivity contribution in [3.05, 3.63) is 30.1 Å². The monoisotopic (exact) mass is 311 g/mol. The lowest BCUT2D eigenvalue weighted by atomic mass is 10.2. The van der Waals surface area contributed by atoms with Crippen molar-refractivity contribution in [3.8, 4) is 5.75 Å². The van der Waals surface area contributed by atoms with E-state index < -0.39 is 24.0 Å². The number of rotatable bonds is 6. The van der Waals surface area contributed by atoms with Gasteiger partial charge in [-0.1, -0.05) is 0 Å². The van der Waals surface area contributed by atoms with Crippen LogP contribution in [0.1, 0.15) is 19.8 Å². The molecule has 3 unspecified atom stereocenters. The Morgan fingerprint density at radius 3 is 2.64 bits per heavy atom. The van der Waals surface area contributed by atoms with E-state index in [2.05, 4.69) is 5.32 Å². The fraction of sp³-hybridized carbons (Fsp3) is 0.467. The van der Waals surface area contributed by atoms with Crippen molar-refractivity contribution in [2.24, 2.45) is 0 Å². The third-order valence-corrected chi connectivity index (χ3v) is 3.35. The maximum Gasteiger partial charge on any atom is 0.346 e. The summed E-state index contributed by atoms with van der Waals surface area (Å²) in [4.78, 5) is 23.1. The maximum atomic E-state index is 12.8. The van der Waals surface area contributed by atoms with Crippen molar-refractivity contribution in [1.29, 1.82) is 0 Å². The highest BCUT2D eigenvalue weighted by Gasteiger charge is 2.29. The van der Waals surface area contributed by atoms with Gasteiger partial charge in [-0.25, -0.2) is 9.18 Å². The van der Waals surface area contributed by atoms with Crippen molar-refractivity contribution in [2.75, 3.05) is 6.54 Å². The fourth-order valence-corrected chi connectivity index (χ4v) is 2.16. The van der Waals surface area contributed by atoms with Crippen LogP contribution in [-0.2, 0) is 14.3 Å². The van der Waals surface area contributed by atoms with Gasteiger partial charge in [0.25, 0.3) is 0 Å². The third-order valence-electron chi connectivity index (χ3n) is 3.35. The number of carbonyl (C=O) groups excluding carboxylic acids is 1. The number of hydrogen-bond acceptors (Lipinski definition) is 4. The van der Waals surface area contributed by atoms with Gasteiger partial charge in [-0.15, -0.1) is 0 Å². The van der Waals surface area contributed by atoms with Crippen LogP contribution >= 0.6 is 0 Å². The standard InChI is InChI=1S/C15H18FNO5/c1-9-2-7-12(21-9)14(18)17-8-13(15(19)20)22-11-5-3-10(16)4-6-11/h3-6,9,12-13H,2,7-8H2,1H3,(H,17,18)(H,19,20). The van der Waals surface area contributed by atoms with E-state index in [1.165, 1.54) is 24.3 Å². The van der Waals surface area contributed by atoms with Crippen LogP contribution in [0.2, 0.25) is 0 Å². The molecule has 0 aliphatic carbocycles. The molecule has 1 aromatic carbocycles. The van der Waals surface area contributed by atoms with E-state index in [0.29, 0.717) is 6.42 Å². The molecule has 2 rings (SSSR count). The van der Waals surface area contributed by atoms with Gasteiger partial charge in [0, 0.05) is 0 Å². The van der Waals surface area contributed by atoms with Crippen LogP contribution in [0.5, 0.6) is 5.75 Å². The van der Waals surface area contributed by atoms with Gasteiger partial charge in [-0.05, 0) is 44.0 Å². The molecule has 1 heterocycles. The normalized spacial score (nSPS) is 22.1. The quantitative estimate of drug-likeness (QED) is 0.828. The van der Waals surface area contributed by atoms with Crippen molar-refractivity contribution < 1.29 is 28.6 Å². The predicted octanol–water partition coefficient (Wildman–Crippen LogP) is 1.34. The van der Waals surface area contributed by atoms with Gasteiger partial charge in [0.2, 0.25) is 12.0 Å². The van der Waals surface area contributed by atoms with Gasteiger partial charge in [0.05, 0.1) is 12.6 Å². The summed E-state index contributed by atoms with van der Waals surface area (Å²) in [5.41, 5.74) is 0. The fourth-order valence-electron chi connectivity index (χ4n) is 2.16. The zero-order valence-corrected chi connectivity index (χ0v) is 12.1. The number of carboxylic acid groups (broad SMARTS) is 1. The lowest BCUT2D eigenvalue weighted by Gasteiger charge is -2.17. The first kappa shape index (κ1) is 16.2. The molecule has 22 heavy (non-hydrogen) atoms. The molecule has 1 aliphatic heterocycles. The number of aliphatic carboxylic acids is 1. The summed E-state index contributed by atoms with van der Waals surface area (Å²) in [7, 11) is 0. The molecule has 1 amide bonds. The van der Waals surface area contributed by atoms with Crippen LogP contribution in [0.4, 0.5) is 4.39 Å². The molecule has 1 aromatic rings. The Bertz CT molecular complexity index is 533. The van der Waals surface area contributed by atoms with Gasteiger partial charge in [-0.3, -0.25) is 4.79 Å². The Labute approximate surface area is 127 Å². The van der Waals surface area contributed by atoms with Crippen LogP contribution < -0.4 is 10.1 Å². The maximum absolute atomic E-state index is 12.8. The highest BCUT2D eigenvalue weighted by molar-refractivity contribution is 5.82. The molecule has 1 aliphatic rings.